The van der Waals surface area contributed by atoms with E-state index in [9.17, 15) is 0 Å². The van der Waals surface area contributed by atoms with Crippen molar-refractivity contribution < 1.29 is 17.1 Å². The van der Waals surface area contributed by atoms with Crippen molar-refractivity contribution in [3.8, 4) is 0 Å². The summed E-state index contributed by atoms with van der Waals surface area (Å²) in [7, 11) is 1.67. The Hall–Kier alpha value is -1.54. The van der Waals surface area contributed by atoms with Gasteiger partial charge in [0.1, 0.15) is 5.71 Å². The third kappa shape index (κ3) is 7.14. The summed E-state index contributed by atoms with van der Waals surface area (Å²) in [6.45, 7) is 1.74. The van der Waals surface area contributed by atoms with Crippen molar-refractivity contribution >= 4 is 47.0 Å². The number of amidine groups is 2. The molecule has 0 fully saturated rings. The molecule has 21 heavy (non-hydrogen) atoms. The molecular weight excluding hydrogens is 356 g/mol. The van der Waals surface area contributed by atoms with Crippen molar-refractivity contribution in [2.45, 2.75) is 6.92 Å². The number of hydrogen-bond acceptors (Lipinski definition) is 6. The van der Waals surface area contributed by atoms with Gasteiger partial charge in [-0.15, -0.1) is 5.10 Å². The number of rotatable bonds is 4. The van der Waals surface area contributed by atoms with Crippen molar-refractivity contribution in [3.05, 3.63) is 35.9 Å². The molecule has 115 valence electrons. The molecule has 1 radical (unpaired) electrons. The molecule has 6 nitrogen and oxygen atoms in total. The molecule has 0 saturated heterocycles. The third-order valence-electron chi connectivity index (χ3n) is 2.14. The van der Waals surface area contributed by atoms with E-state index < -0.39 is 0 Å². The summed E-state index contributed by atoms with van der Waals surface area (Å²) in [5.41, 5.74) is 7.21. The van der Waals surface area contributed by atoms with Crippen LogP contribution in [0.15, 0.2) is 50.7 Å². The summed E-state index contributed by atoms with van der Waals surface area (Å²) in [4.78, 5) is 0. The van der Waals surface area contributed by atoms with Crippen LogP contribution in [0.1, 0.15) is 12.5 Å². The fourth-order valence-corrected chi connectivity index (χ4v) is 1.33. The summed E-state index contributed by atoms with van der Waals surface area (Å²) in [6.07, 6.45) is 0. The largest absolute Gasteiger partial charge is 2.00 e. The normalized spacial score (nSPS) is 13.6. The number of nitrogens with two attached hydrogens (primary N) is 1. The number of benzene rings is 1. The van der Waals surface area contributed by atoms with Gasteiger partial charge < -0.3 is 36.3 Å². The zero-order chi connectivity index (χ0) is 15.0. The molecule has 0 aromatic heterocycles. The minimum atomic E-state index is -0.0422. The Morgan fingerprint density at radius 3 is 2.19 bits per heavy atom. The van der Waals surface area contributed by atoms with Gasteiger partial charge in [-0.1, -0.05) is 30.3 Å². The van der Waals surface area contributed by atoms with Gasteiger partial charge >= 0.3 is 17.1 Å². The Labute approximate surface area is 145 Å². The molecule has 3 N–H and O–H groups in total. The van der Waals surface area contributed by atoms with E-state index in [1.165, 1.54) is 0 Å². The van der Waals surface area contributed by atoms with Crippen molar-refractivity contribution in [2.75, 3.05) is 7.05 Å². The molecule has 0 unspecified atom stereocenters. The van der Waals surface area contributed by atoms with E-state index >= 15 is 0 Å². The molecule has 0 atom stereocenters. The molecule has 0 aliphatic rings. The number of hydrogen-bond donors (Lipinski definition) is 2. The van der Waals surface area contributed by atoms with E-state index in [1.807, 2.05) is 30.3 Å². The maximum Gasteiger partial charge on any atom is 2.00 e. The quantitative estimate of drug-likeness (QED) is 0.269. The maximum absolute atomic E-state index is 5.29. The molecule has 0 amide bonds. The second-order valence-corrected chi connectivity index (χ2v) is 4.40. The molecule has 0 aliphatic heterocycles. The molecule has 0 spiro atoms. The van der Waals surface area contributed by atoms with Gasteiger partial charge in [0.05, 0.1) is 5.71 Å². The Bertz CT molecular complexity index is 564. The van der Waals surface area contributed by atoms with Crippen molar-refractivity contribution in [2.24, 2.45) is 26.1 Å². The minimum Gasteiger partial charge on any atom is -0.741 e. The number of nitrogens with zero attached hydrogens (tertiary/aromatic N) is 4. The van der Waals surface area contributed by atoms with E-state index in [4.69, 9.17) is 18.4 Å². The molecule has 9 heteroatoms. The fourth-order valence-electron chi connectivity index (χ4n) is 1.25. The van der Waals surface area contributed by atoms with E-state index in [1.54, 1.807) is 14.0 Å². The summed E-state index contributed by atoms with van der Waals surface area (Å²) >= 11 is 9.58. The second-order valence-electron chi connectivity index (χ2n) is 3.59. The molecule has 0 bridgehead atoms. The standard InChI is InChI=1S/C12H16N6S2.Cu/c1-8(15-17-11(13)19)10(16-18-12(20)14-2)9-6-4-3-5-7-9;/h3-7H,1-2H3,(H3,13,17,19)(H2,14,18,20);/q;+2/p-2/b15-8+,16-10-;. The van der Waals surface area contributed by atoms with Gasteiger partial charge in [-0.25, -0.2) is 0 Å². The maximum atomic E-state index is 5.29. The molecule has 1 aromatic carbocycles. The Morgan fingerprint density at radius 2 is 1.67 bits per heavy atom. The van der Waals surface area contributed by atoms with Crippen LogP contribution in [0, 0.1) is 0 Å². The van der Waals surface area contributed by atoms with Crippen LogP contribution in [-0.4, -0.2) is 28.8 Å². The van der Waals surface area contributed by atoms with Crippen LogP contribution in [-0.2, 0) is 42.3 Å². The average Bonchev–Trinajstić information content (AvgIpc) is 2.46. The summed E-state index contributed by atoms with van der Waals surface area (Å²) in [5, 5.41) is 18.5. The fraction of sp³-hybridized carbons (Fsp3) is 0.167. The minimum absolute atomic E-state index is 0. The summed E-state index contributed by atoms with van der Waals surface area (Å²) < 4.78 is 0. The van der Waals surface area contributed by atoms with Crippen molar-refractivity contribution in [1.82, 2.24) is 5.32 Å². The summed E-state index contributed by atoms with van der Waals surface area (Å²) in [6, 6.07) is 9.45. The molecule has 1 aromatic rings. The SMILES string of the molecule is CN/C([S-])=N/N=C(/C(C)=N/N=C(/N)[S-])c1ccccc1.[Cu+2]. The van der Waals surface area contributed by atoms with Gasteiger partial charge in [0.15, 0.2) is 0 Å². The van der Waals surface area contributed by atoms with E-state index in [-0.39, 0.29) is 27.4 Å². The van der Waals surface area contributed by atoms with Crippen molar-refractivity contribution in [3.63, 3.8) is 0 Å². The molecule has 0 saturated carbocycles. The average molecular weight is 370 g/mol. The van der Waals surface area contributed by atoms with E-state index in [0.717, 1.165) is 5.56 Å². The summed E-state index contributed by atoms with van der Waals surface area (Å²) in [5.74, 6) is 0. The zero-order valence-electron chi connectivity index (χ0n) is 11.4. The van der Waals surface area contributed by atoms with Crippen LogP contribution < -0.4 is 11.1 Å². The smallest absolute Gasteiger partial charge is 0.741 e. The van der Waals surface area contributed by atoms with E-state index in [2.05, 4.69) is 38.4 Å². The Kier molecular flexibility index (Phi) is 9.47. The van der Waals surface area contributed by atoms with Crippen LogP contribution in [0.3, 0.4) is 0 Å². The van der Waals surface area contributed by atoms with Crippen LogP contribution in [0.4, 0.5) is 0 Å². The monoisotopic (exact) mass is 369 g/mol. The predicted molar refractivity (Wildman–Crippen MR) is 88.9 cm³/mol. The van der Waals surface area contributed by atoms with Gasteiger partial charge in [0.2, 0.25) is 0 Å². The van der Waals surface area contributed by atoms with Crippen molar-refractivity contribution in [1.29, 1.82) is 0 Å². The Balaban J connectivity index is 0.00000400. The van der Waals surface area contributed by atoms with Gasteiger partial charge in [-0.2, -0.15) is 15.3 Å². The second kappa shape index (κ2) is 10.2. The number of nitrogens with one attached hydrogen (secondary N) is 1. The predicted octanol–water partition coefficient (Wildman–Crippen LogP) is 0.748. The third-order valence-corrected chi connectivity index (χ3v) is 2.51. The van der Waals surface area contributed by atoms with Crippen LogP contribution in [0.2, 0.25) is 0 Å². The zero-order valence-corrected chi connectivity index (χ0v) is 13.9. The first-order valence-corrected chi connectivity index (χ1v) is 6.47. The van der Waals surface area contributed by atoms with Crippen LogP contribution in [0.25, 0.3) is 0 Å². The first kappa shape index (κ1) is 19.5. The molecule has 1 rings (SSSR count). The first-order chi connectivity index (χ1) is 9.54. The Morgan fingerprint density at radius 1 is 1.05 bits per heavy atom. The molecule has 0 aliphatic carbocycles. The van der Waals surface area contributed by atoms with Gasteiger partial charge in [-0.3, -0.25) is 0 Å². The topological polar surface area (TPSA) is 87.5 Å². The van der Waals surface area contributed by atoms with Gasteiger partial charge in [0, 0.05) is 12.6 Å². The first-order valence-electron chi connectivity index (χ1n) is 5.65. The van der Waals surface area contributed by atoms with Gasteiger partial charge in [-0.05, 0) is 17.3 Å². The molecular formula is C12H14CuN6S2. The molecule has 0 heterocycles. The van der Waals surface area contributed by atoms with Gasteiger partial charge in [0.25, 0.3) is 0 Å². The van der Waals surface area contributed by atoms with Crippen LogP contribution in [0.5, 0.6) is 0 Å². The van der Waals surface area contributed by atoms with Crippen LogP contribution >= 0.6 is 0 Å². The van der Waals surface area contributed by atoms with E-state index in [0.29, 0.717) is 11.4 Å².